The number of furan rings is 1. The van der Waals surface area contributed by atoms with Crippen molar-refractivity contribution in [1.82, 2.24) is 5.43 Å². The fourth-order valence-electron chi connectivity index (χ4n) is 3.04. The van der Waals surface area contributed by atoms with Crippen molar-refractivity contribution in [2.45, 2.75) is 6.92 Å². The van der Waals surface area contributed by atoms with Gasteiger partial charge in [0.25, 0.3) is 11.8 Å². The Bertz CT molecular complexity index is 1180. The Morgan fingerprint density at radius 2 is 1.77 bits per heavy atom. The van der Waals surface area contributed by atoms with E-state index in [-0.39, 0.29) is 5.57 Å². The van der Waals surface area contributed by atoms with Gasteiger partial charge in [-0.1, -0.05) is 12.1 Å². The number of nitrogens with zero attached hydrogens (tertiary/aromatic N) is 1. The first kappa shape index (κ1) is 20.1. The first-order valence-corrected chi connectivity index (χ1v) is 9.46. The largest absolute Gasteiger partial charge is 0.462 e. The van der Waals surface area contributed by atoms with E-state index in [0.717, 1.165) is 5.01 Å². The molecule has 8 heteroatoms. The summed E-state index contributed by atoms with van der Waals surface area (Å²) in [5.74, 6) is -1.21. The third kappa shape index (κ3) is 4.09. The van der Waals surface area contributed by atoms with E-state index in [1.807, 2.05) is 0 Å². The Kier molecular flexibility index (Phi) is 5.36. The van der Waals surface area contributed by atoms with Crippen LogP contribution in [0.3, 0.4) is 0 Å². The Hall–Kier alpha value is -4.20. The zero-order valence-corrected chi connectivity index (χ0v) is 16.4. The van der Waals surface area contributed by atoms with Crippen LogP contribution in [0.1, 0.15) is 23.0 Å². The molecule has 31 heavy (non-hydrogen) atoms. The predicted octanol–water partition coefficient (Wildman–Crippen LogP) is 3.72. The summed E-state index contributed by atoms with van der Waals surface area (Å²) in [4.78, 5) is 36.7. The molecule has 0 radical (unpaired) electrons. The van der Waals surface area contributed by atoms with Crippen LogP contribution in [0.25, 0.3) is 17.4 Å². The van der Waals surface area contributed by atoms with E-state index in [4.69, 9.17) is 9.15 Å². The summed E-state index contributed by atoms with van der Waals surface area (Å²) in [5.41, 5.74) is 3.81. The summed E-state index contributed by atoms with van der Waals surface area (Å²) in [7, 11) is 0. The fraction of sp³-hybridized carbons (Fsp3) is 0.0870. The molecule has 0 aliphatic carbocycles. The number of hydrazine groups is 1. The lowest BCUT2D eigenvalue weighted by Gasteiger charge is -2.14. The minimum absolute atomic E-state index is 0.108. The van der Waals surface area contributed by atoms with E-state index >= 15 is 0 Å². The van der Waals surface area contributed by atoms with E-state index in [9.17, 15) is 18.8 Å². The number of rotatable bonds is 5. The summed E-state index contributed by atoms with van der Waals surface area (Å²) >= 11 is 0. The maximum Gasteiger partial charge on any atom is 0.338 e. The summed E-state index contributed by atoms with van der Waals surface area (Å²) in [6.07, 6.45) is 1.34. The zero-order valence-electron chi connectivity index (χ0n) is 16.4. The van der Waals surface area contributed by atoms with Crippen molar-refractivity contribution in [3.63, 3.8) is 0 Å². The van der Waals surface area contributed by atoms with Crippen LogP contribution in [0, 0.1) is 5.82 Å². The molecular formula is C23H17FN2O5. The average molecular weight is 420 g/mol. The van der Waals surface area contributed by atoms with Gasteiger partial charge < -0.3 is 9.15 Å². The Morgan fingerprint density at radius 1 is 1.06 bits per heavy atom. The van der Waals surface area contributed by atoms with Gasteiger partial charge in [0.2, 0.25) is 0 Å². The van der Waals surface area contributed by atoms with Gasteiger partial charge in [-0.05, 0) is 61.5 Å². The number of halogens is 1. The van der Waals surface area contributed by atoms with Gasteiger partial charge in [0, 0.05) is 5.56 Å². The second-order valence-corrected chi connectivity index (χ2v) is 6.62. The van der Waals surface area contributed by atoms with E-state index in [2.05, 4.69) is 5.43 Å². The first-order chi connectivity index (χ1) is 15.0. The molecule has 0 unspecified atom stereocenters. The molecule has 2 heterocycles. The highest BCUT2D eigenvalue weighted by atomic mass is 19.1. The summed E-state index contributed by atoms with van der Waals surface area (Å²) in [5, 5.41) is 1.05. The highest BCUT2D eigenvalue weighted by Gasteiger charge is 2.34. The molecule has 156 valence electrons. The Labute approximate surface area is 176 Å². The van der Waals surface area contributed by atoms with Crippen molar-refractivity contribution in [2.24, 2.45) is 0 Å². The molecule has 7 nitrogen and oxygen atoms in total. The summed E-state index contributed by atoms with van der Waals surface area (Å²) < 4.78 is 23.8. The normalized spacial score (nSPS) is 14.8. The lowest BCUT2D eigenvalue weighted by Crippen LogP contribution is -2.35. The molecule has 1 saturated heterocycles. The van der Waals surface area contributed by atoms with Crippen LogP contribution in [-0.4, -0.2) is 24.4 Å². The molecule has 3 aromatic rings. The van der Waals surface area contributed by atoms with Gasteiger partial charge in [-0.25, -0.2) is 14.2 Å². The number of carbonyl (C=O) groups excluding carboxylic acids is 3. The van der Waals surface area contributed by atoms with E-state index in [0.29, 0.717) is 34.9 Å². The number of benzene rings is 2. The van der Waals surface area contributed by atoms with Crippen LogP contribution in [-0.2, 0) is 14.3 Å². The smallest absolute Gasteiger partial charge is 0.338 e. The molecule has 1 N–H and O–H groups in total. The summed E-state index contributed by atoms with van der Waals surface area (Å²) in [6, 6.07) is 15.2. The second kappa shape index (κ2) is 8.27. The first-order valence-electron chi connectivity index (χ1n) is 9.46. The van der Waals surface area contributed by atoms with Crippen LogP contribution in [0.15, 0.2) is 70.7 Å². The number of nitrogens with one attached hydrogen (secondary N) is 1. The number of hydrogen-bond acceptors (Lipinski definition) is 5. The molecule has 1 fully saturated rings. The zero-order chi connectivity index (χ0) is 22.0. The molecule has 1 aromatic heterocycles. The third-order valence-corrected chi connectivity index (χ3v) is 4.57. The second-order valence-electron chi connectivity index (χ2n) is 6.62. The molecule has 2 amide bonds. The van der Waals surface area contributed by atoms with Crippen molar-refractivity contribution in [2.75, 3.05) is 11.6 Å². The van der Waals surface area contributed by atoms with Gasteiger partial charge in [0.15, 0.2) is 0 Å². The predicted molar refractivity (Wildman–Crippen MR) is 110 cm³/mol. The Morgan fingerprint density at radius 3 is 2.45 bits per heavy atom. The molecule has 4 rings (SSSR count). The van der Waals surface area contributed by atoms with Gasteiger partial charge in [0.05, 0.1) is 17.9 Å². The van der Waals surface area contributed by atoms with Crippen molar-refractivity contribution < 1.29 is 27.9 Å². The highest BCUT2D eigenvalue weighted by molar-refractivity contribution is 6.31. The van der Waals surface area contributed by atoms with Crippen molar-refractivity contribution in [3.8, 4) is 11.3 Å². The van der Waals surface area contributed by atoms with Crippen LogP contribution >= 0.6 is 0 Å². The van der Waals surface area contributed by atoms with Crippen LogP contribution in [0.4, 0.5) is 10.1 Å². The van der Waals surface area contributed by atoms with E-state index in [1.54, 1.807) is 43.3 Å². The number of ether oxygens (including phenoxy) is 1. The maximum absolute atomic E-state index is 13.1. The molecule has 2 aromatic carbocycles. The quantitative estimate of drug-likeness (QED) is 0.386. The minimum Gasteiger partial charge on any atom is -0.462 e. The number of amides is 2. The van der Waals surface area contributed by atoms with Crippen LogP contribution in [0.5, 0.6) is 0 Å². The fourth-order valence-corrected chi connectivity index (χ4v) is 3.04. The molecule has 0 saturated carbocycles. The van der Waals surface area contributed by atoms with E-state index in [1.165, 1.54) is 30.3 Å². The van der Waals surface area contributed by atoms with Gasteiger partial charge in [-0.2, -0.15) is 0 Å². The number of hydrogen-bond donors (Lipinski definition) is 1. The van der Waals surface area contributed by atoms with Crippen molar-refractivity contribution in [3.05, 3.63) is 83.4 Å². The van der Waals surface area contributed by atoms with Gasteiger partial charge in [-0.15, -0.1) is 0 Å². The van der Waals surface area contributed by atoms with Gasteiger partial charge >= 0.3 is 5.97 Å². The molecule has 1 aliphatic rings. The molecule has 0 bridgehead atoms. The topological polar surface area (TPSA) is 88.9 Å². The molecule has 0 atom stereocenters. The van der Waals surface area contributed by atoms with E-state index < -0.39 is 23.6 Å². The lowest BCUT2D eigenvalue weighted by atomic mass is 10.1. The standard InChI is InChI=1S/C23H17FN2O5/c1-2-30-23(29)15-5-3-14(4-6-15)20-12-11-18(31-20)13-19-21(27)25-26(22(19)28)17-9-7-16(24)8-10-17/h3-13H,2H2,1H3,(H,25,27)/b19-13+. The Balaban J connectivity index is 1.54. The maximum atomic E-state index is 13.1. The molecule has 1 aliphatic heterocycles. The molecule has 0 spiro atoms. The third-order valence-electron chi connectivity index (χ3n) is 4.57. The summed E-state index contributed by atoms with van der Waals surface area (Å²) in [6.45, 7) is 2.03. The molecular weight excluding hydrogens is 403 g/mol. The average Bonchev–Trinajstić information content (AvgIpc) is 3.35. The SMILES string of the molecule is CCOC(=O)c1ccc(-c2ccc(/C=C3\C(=O)NN(c4ccc(F)cc4)C3=O)o2)cc1. The lowest BCUT2D eigenvalue weighted by molar-refractivity contribution is -0.117. The number of carbonyl (C=O) groups is 3. The minimum atomic E-state index is -0.592. The monoisotopic (exact) mass is 420 g/mol. The number of anilines is 1. The number of esters is 1. The van der Waals surface area contributed by atoms with Crippen LogP contribution < -0.4 is 10.4 Å². The van der Waals surface area contributed by atoms with Crippen molar-refractivity contribution >= 4 is 29.5 Å². The highest BCUT2D eigenvalue weighted by Crippen LogP contribution is 2.26. The van der Waals surface area contributed by atoms with Gasteiger partial charge in [-0.3, -0.25) is 15.0 Å². The van der Waals surface area contributed by atoms with Gasteiger partial charge in [0.1, 0.15) is 22.9 Å². The van der Waals surface area contributed by atoms with Crippen molar-refractivity contribution in [1.29, 1.82) is 0 Å². The van der Waals surface area contributed by atoms with Crippen LogP contribution in [0.2, 0.25) is 0 Å².